The molecule has 0 spiro atoms. The minimum atomic E-state index is -0.398. The van der Waals surface area contributed by atoms with E-state index < -0.39 is 5.41 Å². The van der Waals surface area contributed by atoms with Gasteiger partial charge in [0.05, 0.1) is 0 Å². The molecule has 0 aliphatic rings. The van der Waals surface area contributed by atoms with Gasteiger partial charge in [-0.1, -0.05) is 134 Å². The van der Waals surface area contributed by atoms with Crippen LogP contribution in [0.5, 0.6) is 0 Å². The van der Waals surface area contributed by atoms with Gasteiger partial charge in [0.1, 0.15) is 0 Å². The smallest absolute Gasteiger partial charge is 0.304 e. The van der Waals surface area contributed by atoms with Gasteiger partial charge in [-0.15, -0.1) is 57.3 Å². The first-order chi connectivity index (χ1) is 21.0. The topological polar surface area (TPSA) is 25.8 Å². The number of benzene rings is 6. The van der Waals surface area contributed by atoms with Crippen molar-refractivity contribution in [2.75, 3.05) is 0 Å². The Labute approximate surface area is 271 Å². The molecule has 0 fully saturated rings. The molecule has 0 saturated carbocycles. The van der Waals surface area contributed by atoms with E-state index in [2.05, 4.69) is 147 Å². The van der Waals surface area contributed by atoms with Crippen LogP contribution >= 0.6 is 0 Å². The standard InChI is InChI=1S/C41H28N2.Pt/c1-41(2,33-19-29-13-7-9-17-35(29)37(23-33)39-21-27-11-3-5-15-31(27)25-42-39)34-20-30-14-8-10-18-36(30)38(24-34)40-22-28-12-4-6-16-32(28)26-43-40;/h3-22,25-26H,1-2H3;/q-2;+2. The molecule has 0 bridgehead atoms. The third-order valence-electron chi connectivity index (χ3n) is 8.70. The van der Waals surface area contributed by atoms with Crippen molar-refractivity contribution in [3.63, 3.8) is 0 Å². The predicted molar refractivity (Wildman–Crippen MR) is 179 cm³/mol. The molecule has 8 rings (SSSR count). The van der Waals surface area contributed by atoms with Crippen LogP contribution in [0.4, 0.5) is 0 Å². The van der Waals surface area contributed by atoms with Crippen molar-refractivity contribution in [1.29, 1.82) is 0 Å². The van der Waals surface area contributed by atoms with Crippen molar-refractivity contribution in [1.82, 2.24) is 9.97 Å². The van der Waals surface area contributed by atoms with E-state index in [9.17, 15) is 0 Å². The first-order valence-electron chi connectivity index (χ1n) is 14.7. The van der Waals surface area contributed by atoms with Gasteiger partial charge in [-0.25, -0.2) is 0 Å². The summed E-state index contributed by atoms with van der Waals surface area (Å²) in [4.78, 5) is 9.79. The van der Waals surface area contributed by atoms with Crippen molar-refractivity contribution in [2.24, 2.45) is 0 Å². The molecule has 6 aromatic carbocycles. The quantitative estimate of drug-likeness (QED) is 0.168. The first-order valence-corrected chi connectivity index (χ1v) is 14.7. The zero-order valence-corrected chi connectivity index (χ0v) is 26.7. The molecule has 0 saturated heterocycles. The summed E-state index contributed by atoms with van der Waals surface area (Å²) in [6.07, 6.45) is 3.93. The molecule has 2 heterocycles. The summed E-state index contributed by atoms with van der Waals surface area (Å²) >= 11 is 0. The number of hydrogen-bond acceptors (Lipinski definition) is 2. The van der Waals surface area contributed by atoms with Crippen molar-refractivity contribution in [3.8, 4) is 22.5 Å². The monoisotopic (exact) mass is 743 g/mol. The van der Waals surface area contributed by atoms with Crippen LogP contribution in [0.2, 0.25) is 0 Å². The maximum absolute atomic E-state index is 4.90. The van der Waals surface area contributed by atoms with E-state index in [0.717, 1.165) is 55.2 Å². The van der Waals surface area contributed by atoms with Crippen LogP contribution in [-0.2, 0) is 26.5 Å². The van der Waals surface area contributed by atoms with Crippen molar-refractivity contribution < 1.29 is 21.1 Å². The Bertz CT molecular complexity index is 2170. The summed E-state index contributed by atoms with van der Waals surface area (Å²) in [6.45, 7) is 4.53. The molecule has 8 aromatic rings. The summed E-state index contributed by atoms with van der Waals surface area (Å²) in [7, 11) is 0. The van der Waals surface area contributed by atoms with Crippen LogP contribution in [0.1, 0.15) is 25.0 Å². The second-order valence-corrected chi connectivity index (χ2v) is 11.7. The Morgan fingerprint density at radius 3 is 1.25 bits per heavy atom. The predicted octanol–water partition coefficient (Wildman–Crippen LogP) is 10.3. The number of hydrogen-bond donors (Lipinski definition) is 0. The minimum Gasteiger partial charge on any atom is -0.304 e. The summed E-state index contributed by atoms with van der Waals surface area (Å²) in [6, 6.07) is 50.4. The zero-order valence-electron chi connectivity index (χ0n) is 24.4. The SMILES string of the molecule is CC(C)(c1[c-]c(-c2cc3ccccc3cn2)c2ccccc2c1)c1[c-]c(-c2cc3ccccc3cn2)c2ccccc2c1.[Pt+2]. The second kappa shape index (κ2) is 11.1. The molecule has 0 atom stereocenters. The molecule has 0 unspecified atom stereocenters. The molecule has 2 aromatic heterocycles. The Morgan fingerprint density at radius 1 is 0.455 bits per heavy atom. The summed E-state index contributed by atoms with van der Waals surface area (Å²) in [5.41, 5.74) is 5.69. The fraction of sp³-hybridized carbons (Fsp3) is 0.0732. The fourth-order valence-electron chi connectivity index (χ4n) is 6.15. The Morgan fingerprint density at radius 2 is 0.818 bits per heavy atom. The molecule has 0 amide bonds. The van der Waals surface area contributed by atoms with E-state index >= 15 is 0 Å². The molecule has 0 aliphatic carbocycles. The van der Waals surface area contributed by atoms with Gasteiger partial charge in [0.25, 0.3) is 0 Å². The van der Waals surface area contributed by atoms with Gasteiger partial charge in [0.2, 0.25) is 0 Å². The van der Waals surface area contributed by atoms with Crippen LogP contribution in [0, 0.1) is 12.1 Å². The van der Waals surface area contributed by atoms with Gasteiger partial charge in [-0.2, -0.15) is 0 Å². The number of nitrogens with zero attached hydrogens (tertiary/aromatic N) is 2. The van der Waals surface area contributed by atoms with Gasteiger partial charge in [0, 0.05) is 12.4 Å². The average molecular weight is 744 g/mol. The number of fused-ring (bicyclic) bond motifs is 4. The van der Waals surface area contributed by atoms with E-state index in [4.69, 9.17) is 9.97 Å². The van der Waals surface area contributed by atoms with Crippen LogP contribution < -0.4 is 0 Å². The molecule has 0 radical (unpaired) electrons. The van der Waals surface area contributed by atoms with Crippen LogP contribution in [-0.4, -0.2) is 9.97 Å². The van der Waals surface area contributed by atoms with Crippen molar-refractivity contribution in [2.45, 2.75) is 19.3 Å². The summed E-state index contributed by atoms with van der Waals surface area (Å²) in [5, 5.41) is 9.25. The first kappa shape index (κ1) is 28.1. The zero-order chi connectivity index (χ0) is 29.0. The van der Waals surface area contributed by atoms with Gasteiger partial charge >= 0.3 is 21.1 Å². The molecule has 0 aliphatic heterocycles. The van der Waals surface area contributed by atoms with E-state index in [-0.39, 0.29) is 21.1 Å². The number of rotatable bonds is 4. The molecule has 0 N–H and O–H groups in total. The average Bonchev–Trinajstić information content (AvgIpc) is 3.06. The Kier molecular flexibility index (Phi) is 7.11. The van der Waals surface area contributed by atoms with E-state index in [1.807, 2.05) is 12.4 Å². The van der Waals surface area contributed by atoms with Crippen molar-refractivity contribution >= 4 is 43.1 Å². The fourth-order valence-corrected chi connectivity index (χ4v) is 6.15. The normalized spacial score (nSPS) is 11.7. The Balaban J connectivity index is 0.00000312. The van der Waals surface area contributed by atoms with Gasteiger partial charge in [-0.3, -0.25) is 0 Å². The minimum absolute atomic E-state index is 0. The van der Waals surface area contributed by atoms with E-state index in [1.54, 1.807) is 0 Å². The second-order valence-electron chi connectivity index (χ2n) is 11.7. The van der Waals surface area contributed by atoms with Crippen molar-refractivity contribution in [3.05, 3.63) is 157 Å². The third kappa shape index (κ3) is 4.80. The molecule has 3 heteroatoms. The van der Waals surface area contributed by atoms with E-state index in [1.165, 1.54) is 21.5 Å². The summed E-state index contributed by atoms with van der Waals surface area (Å²) < 4.78 is 0. The van der Waals surface area contributed by atoms with Gasteiger partial charge < -0.3 is 9.97 Å². The maximum atomic E-state index is 4.90. The van der Waals surface area contributed by atoms with Crippen LogP contribution in [0.15, 0.2) is 134 Å². The molecule has 2 nitrogen and oxygen atoms in total. The van der Waals surface area contributed by atoms with Gasteiger partial charge in [-0.05, 0) is 38.3 Å². The number of pyridine rings is 2. The summed E-state index contributed by atoms with van der Waals surface area (Å²) in [5.74, 6) is 0. The molecular formula is C41H28N2Pt. The Hall–Kier alpha value is -4.65. The largest absolute Gasteiger partial charge is 2.00 e. The van der Waals surface area contributed by atoms with Crippen LogP contribution in [0.25, 0.3) is 65.6 Å². The molecule has 212 valence electrons. The van der Waals surface area contributed by atoms with Crippen LogP contribution in [0.3, 0.4) is 0 Å². The molecular weight excluding hydrogens is 716 g/mol. The third-order valence-corrected chi connectivity index (χ3v) is 8.70. The van der Waals surface area contributed by atoms with Gasteiger partial charge in [0.15, 0.2) is 0 Å². The maximum Gasteiger partial charge on any atom is 2.00 e. The number of aromatic nitrogens is 2. The van der Waals surface area contributed by atoms with E-state index in [0.29, 0.717) is 0 Å². The molecule has 44 heavy (non-hydrogen) atoms.